The van der Waals surface area contributed by atoms with Crippen molar-refractivity contribution in [1.82, 2.24) is 4.98 Å². The molecule has 0 aliphatic rings. The molecule has 1 aromatic rings. The minimum Gasteiger partial charge on any atom is -0.393 e. The van der Waals surface area contributed by atoms with E-state index >= 15 is 0 Å². The SMILES string of the molecule is COCCC(O)Cc1nc(C)cs1. The Hall–Kier alpha value is -0.450. The predicted molar refractivity (Wildman–Crippen MR) is 53.1 cm³/mol. The van der Waals surface area contributed by atoms with Crippen molar-refractivity contribution in [1.29, 1.82) is 0 Å². The molecule has 1 aromatic heterocycles. The summed E-state index contributed by atoms with van der Waals surface area (Å²) in [5.41, 5.74) is 1.03. The molecule has 0 aliphatic heterocycles. The van der Waals surface area contributed by atoms with E-state index in [0.717, 1.165) is 10.7 Å². The minimum atomic E-state index is -0.328. The average molecular weight is 201 g/mol. The third-order valence-electron chi connectivity index (χ3n) is 1.73. The summed E-state index contributed by atoms with van der Waals surface area (Å²) >= 11 is 1.60. The van der Waals surface area contributed by atoms with Crippen LogP contribution in [0.4, 0.5) is 0 Å². The summed E-state index contributed by atoms with van der Waals surface area (Å²) in [6.07, 6.45) is 0.988. The van der Waals surface area contributed by atoms with Crippen LogP contribution in [0.25, 0.3) is 0 Å². The number of rotatable bonds is 5. The van der Waals surface area contributed by atoms with Crippen molar-refractivity contribution in [2.45, 2.75) is 25.9 Å². The van der Waals surface area contributed by atoms with Gasteiger partial charge in [-0.25, -0.2) is 4.98 Å². The van der Waals surface area contributed by atoms with E-state index in [2.05, 4.69) is 4.98 Å². The molecule has 1 N–H and O–H groups in total. The highest BCUT2D eigenvalue weighted by Crippen LogP contribution is 2.12. The number of thiazole rings is 1. The fourth-order valence-corrected chi connectivity index (χ4v) is 1.90. The molecular formula is C9H15NO2S. The molecule has 1 unspecified atom stereocenters. The van der Waals surface area contributed by atoms with Crippen LogP contribution < -0.4 is 0 Å². The van der Waals surface area contributed by atoms with Crippen molar-refractivity contribution in [3.05, 3.63) is 16.1 Å². The molecule has 0 spiro atoms. The highest BCUT2D eigenvalue weighted by Gasteiger charge is 2.07. The van der Waals surface area contributed by atoms with Crippen molar-refractivity contribution in [3.8, 4) is 0 Å². The highest BCUT2D eigenvalue weighted by molar-refractivity contribution is 7.09. The second kappa shape index (κ2) is 5.32. The summed E-state index contributed by atoms with van der Waals surface area (Å²) < 4.78 is 4.88. The summed E-state index contributed by atoms with van der Waals surface area (Å²) in [6, 6.07) is 0. The van der Waals surface area contributed by atoms with Crippen molar-refractivity contribution in [2.75, 3.05) is 13.7 Å². The van der Waals surface area contributed by atoms with Gasteiger partial charge in [-0.15, -0.1) is 11.3 Å². The lowest BCUT2D eigenvalue weighted by Crippen LogP contribution is -2.12. The van der Waals surface area contributed by atoms with Crippen molar-refractivity contribution < 1.29 is 9.84 Å². The van der Waals surface area contributed by atoms with Crippen molar-refractivity contribution in [2.24, 2.45) is 0 Å². The first kappa shape index (κ1) is 10.6. The van der Waals surface area contributed by atoms with Gasteiger partial charge in [0.1, 0.15) is 0 Å². The van der Waals surface area contributed by atoms with Gasteiger partial charge in [0, 0.05) is 31.2 Å². The fourth-order valence-electron chi connectivity index (χ4n) is 1.05. The van der Waals surface area contributed by atoms with Gasteiger partial charge < -0.3 is 9.84 Å². The largest absolute Gasteiger partial charge is 0.393 e. The molecule has 0 amide bonds. The maximum absolute atomic E-state index is 9.53. The molecular weight excluding hydrogens is 186 g/mol. The van der Waals surface area contributed by atoms with Gasteiger partial charge in [-0.1, -0.05) is 0 Å². The number of aromatic nitrogens is 1. The molecule has 13 heavy (non-hydrogen) atoms. The molecule has 0 aromatic carbocycles. The summed E-state index contributed by atoms with van der Waals surface area (Å²) in [5, 5.41) is 12.5. The Morgan fingerprint density at radius 3 is 3.00 bits per heavy atom. The van der Waals surface area contributed by atoms with Gasteiger partial charge in [-0.3, -0.25) is 0 Å². The number of aliphatic hydroxyl groups is 1. The molecule has 0 fully saturated rings. The van der Waals surface area contributed by atoms with Crippen LogP contribution in [0.5, 0.6) is 0 Å². The first-order valence-electron chi connectivity index (χ1n) is 4.30. The normalized spacial score (nSPS) is 13.2. The van der Waals surface area contributed by atoms with E-state index in [-0.39, 0.29) is 6.10 Å². The summed E-state index contributed by atoms with van der Waals surface area (Å²) in [4.78, 5) is 4.28. The number of ether oxygens (including phenoxy) is 1. The number of hydrogen-bond donors (Lipinski definition) is 1. The van der Waals surface area contributed by atoms with E-state index in [1.165, 1.54) is 0 Å². The molecule has 0 radical (unpaired) electrons. The predicted octanol–water partition coefficient (Wildman–Crippen LogP) is 1.39. The van der Waals surface area contributed by atoms with Gasteiger partial charge >= 0.3 is 0 Å². The zero-order valence-electron chi connectivity index (χ0n) is 7.99. The van der Waals surface area contributed by atoms with Crippen LogP contribution in [0.2, 0.25) is 0 Å². The number of aryl methyl sites for hydroxylation is 1. The Balaban J connectivity index is 2.31. The van der Waals surface area contributed by atoms with E-state index in [0.29, 0.717) is 19.4 Å². The van der Waals surface area contributed by atoms with E-state index in [9.17, 15) is 5.11 Å². The average Bonchev–Trinajstić information content (AvgIpc) is 2.48. The van der Waals surface area contributed by atoms with Crippen molar-refractivity contribution in [3.63, 3.8) is 0 Å². The molecule has 3 nitrogen and oxygen atoms in total. The fraction of sp³-hybridized carbons (Fsp3) is 0.667. The maximum atomic E-state index is 9.53. The van der Waals surface area contributed by atoms with E-state index < -0.39 is 0 Å². The molecule has 4 heteroatoms. The van der Waals surface area contributed by atoms with Gasteiger partial charge in [0.15, 0.2) is 0 Å². The Kier molecular flexibility index (Phi) is 4.35. The molecule has 1 heterocycles. The molecule has 1 atom stereocenters. The lowest BCUT2D eigenvalue weighted by Gasteiger charge is -2.06. The van der Waals surface area contributed by atoms with Gasteiger partial charge in [0.05, 0.1) is 11.1 Å². The lowest BCUT2D eigenvalue weighted by atomic mass is 10.2. The van der Waals surface area contributed by atoms with Gasteiger partial charge in [-0.05, 0) is 13.3 Å². The Morgan fingerprint density at radius 1 is 1.69 bits per heavy atom. The van der Waals surface area contributed by atoms with E-state index in [4.69, 9.17) is 4.74 Å². The van der Waals surface area contributed by atoms with Gasteiger partial charge in [-0.2, -0.15) is 0 Å². The molecule has 0 saturated heterocycles. The molecule has 1 rings (SSSR count). The van der Waals surface area contributed by atoms with Crippen LogP contribution in [0, 0.1) is 6.92 Å². The van der Waals surface area contributed by atoms with Crippen LogP contribution in [-0.4, -0.2) is 29.9 Å². The van der Waals surface area contributed by atoms with Gasteiger partial charge in [0.2, 0.25) is 0 Å². The first-order valence-corrected chi connectivity index (χ1v) is 5.18. The van der Waals surface area contributed by atoms with Crippen LogP contribution in [0.3, 0.4) is 0 Å². The topological polar surface area (TPSA) is 42.4 Å². The van der Waals surface area contributed by atoms with Crippen LogP contribution >= 0.6 is 11.3 Å². The zero-order valence-corrected chi connectivity index (χ0v) is 8.80. The third-order valence-corrected chi connectivity index (χ3v) is 2.72. The Bertz CT molecular complexity index is 250. The lowest BCUT2D eigenvalue weighted by molar-refractivity contribution is 0.110. The number of aliphatic hydroxyl groups excluding tert-OH is 1. The summed E-state index contributed by atoms with van der Waals surface area (Å²) in [7, 11) is 1.64. The van der Waals surface area contributed by atoms with Crippen LogP contribution in [-0.2, 0) is 11.2 Å². The standard InChI is InChI=1S/C9H15NO2S/c1-7-6-13-9(10-7)5-8(11)3-4-12-2/h6,8,11H,3-5H2,1-2H3. The Labute approximate surface area is 82.4 Å². The smallest absolute Gasteiger partial charge is 0.0953 e. The summed E-state index contributed by atoms with van der Waals surface area (Å²) in [5.74, 6) is 0. The zero-order chi connectivity index (χ0) is 9.68. The summed E-state index contributed by atoms with van der Waals surface area (Å²) in [6.45, 7) is 2.56. The van der Waals surface area contributed by atoms with Gasteiger partial charge in [0.25, 0.3) is 0 Å². The second-order valence-corrected chi connectivity index (χ2v) is 3.96. The Morgan fingerprint density at radius 2 is 2.46 bits per heavy atom. The second-order valence-electron chi connectivity index (χ2n) is 3.02. The quantitative estimate of drug-likeness (QED) is 0.783. The van der Waals surface area contributed by atoms with Crippen LogP contribution in [0.1, 0.15) is 17.1 Å². The monoisotopic (exact) mass is 201 g/mol. The first-order chi connectivity index (χ1) is 6.22. The highest BCUT2D eigenvalue weighted by atomic mass is 32.1. The number of hydrogen-bond acceptors (Lipinski definition) is 4. The molecule has 0 bridgehead atoms. The van der Waals surface area contributed by atoms with Crippen LogP contribution in [0.15, 0.2) is 5.38 Å². The minimum absolute atomic E-state index is 0.328. The maximum Gasteiger partial charge on any atom is 0.0953 e. The van der Waals surface area contributed by atoms with Crippen molar-refractivity contribution >= 4 is 11.3 Å². The molecule has 0 aliphatic carbocycles. The number of nitrogens with zero attached hydrogens (tertiary/aromatic N) is 1. The van der Waals surface area contributed by atoms with E-state index in [1.54, 1.807) is 18.4 Å². The number of methoxy groups -OCH3 is 1. The molecule has 0 saturated carbocycles. The van der Waals surface area contributed by atoms with E-state index in [1.807, 2.05) is 12.3 Å². The molecule has 74 valence electrons. The third kappa shape index (κ3) is 3.85.